The first-order chi connectivity index (χ1) is 6.60. The van der Waals surface area contributed by atoms with Crippen LogP contribution in [0.25, 0.3) is 0 Å². The van der Waals surface area contributed by atoms with Gasteiger partial charge in [0.25, 0.3) is 0 Å². The molecule has 0 aliphatic heterocycles. The monoisotopic (exact) mass is 187 g/mol. The molecule has 4 rings (SSSR count). The van der Waals surface area contributed by atoms with Gasteiger partial charge in [0.2, 0.25) is 0 Å². The first kappa shape index (κ1) is 8.46. The molecule has 3 aliphatic carbocycles. The number of aryl methyl sites for hydroxylation is 1. The molecule has 1 aromatic rings. The van der Waals surface area contributed by atoms with Crippen molar-refractivity contribution in [2.45, 2.75) is 39.5 Å². The van der Waals surface area contributed by atoms with Crippen LogP contribution in [0.3, 0.4) is 0 Å². The van der Waals surface area contributed by atoms with Crippen LogP contribution < -0.4 is 0 Å². The largest absolute Gasteiger partial charge is 0.264 e. The fourth-order valence-corrected chi connectivity index (χ4v) is 3.33. The molecule has 3 aliphatic rings. The van der Waals surface area contributed by atoms with E-state index in [1.807, 2.05) is 6.20 Å². The van der Waals surface area contributed by atoms with Gasteiger partial charge in [0.1, 0.15) is 0 Å². The molecule has 0 aromatic carbocycles. The molecular weight excluding hydrogens is 170 g/mol. The Kier molecular flexibility index (Phi) is 1.44. The van der Waals surface area contributed by atoms with Crippen molar-refractivity contribution in [3.05, 3.63) is 29.1 Å². The maximum absolute atomic E-state index is 4.34. The third kappa shape index (κ3) is 0.832. The Hall–Kier alpha value is -0.850. The van der Waals surface area contributed by atoms with Gasteiger partial charge in [-0.05, 0) is 53.7 Å². The van der Waals surface area contributed by atoms with Gasteiger partial charge in [0.15, 0.2) is 0 Å². The van der Waals surface area contributed by atoms with Crippen molar-refractivity contribution in [2.75, 3.05) is 0 Å². The van der Waals surface area contributed by atoms with Gasteiger partial charge < -0.3 is 0 Å². The Balaban J connectivity index is 2.16. The summed E-state index contributed by atoms with van der Waals surface area (Å²) in [5, 5.41) is 0. The Morgan fingerprint density at radius 3 is 2.86 bits per heavy atom. The number of rotatable bonds is 0. The normalized spacial score (nSPS) is 31.9. The topological polar surface area (TPSA) is 12.9 Å². The number of hydrogen-bond acceptors (Lipinski definition) is 1. The molecular formula is C13H17N. The summed E-state index contributed by atoms with van der Waals surface area (Å²) in [6, 6.07) is 0. The van der Waals surface area contributed by atoms with Gasteiger partial charge in [-0.1, -0.05) is 13.8 Å². The van der Waals surface area contributed by atoms with Crippen LogP contribution in [0.4, 0.5) is 0 Å². The summed E-state index contributed by atoms with van der Waals surface area (Å²) < 4.78 is 0. The fraction of sp³-hybridized carbons (Fsp3) is 0.615. The first-order valence-electron chi connectivity index (χ1n) is 5.54. The minimum absolute atomic E-state index is 0.530. The van der Waals surface area contributed by atoms with Gasteiger partial charge in [-0.2, -0.15) is 0 Å². The maximum Gasteiger partial charge on any atom is 0.0305 e. The molecule has 0 saturated heterocycles. The van der Waals surface area contributed by atoms with Gasteiger partial charge in [0, 0.05) is 12.4 Å². The molecule has 1 nitrogen and oxygen atoms in total. The predicted octanol–water partition coefficient (Wildman–Crippen LogP) is 3.08. The molecule has 0 radical (unpaired) electrons. The van der Waals surface area contributed by atoms with Crippen LogP contribution in [0.2, 0.25) is 0 Å². The van der Waals surface area contributed by atoms with Crippen molar-refractivity contribution >= 4 is 0 Å². The highest BCUT2D eigenvalue weighted by atomic mass is 14.7. The average Bonchev–Trinajstić information content (AvgIpc) is 2.17. The van der Waals surface area contributed by atoms with Crippen molar-refractivity contribution in [2.24, 2.45) is 11.3 Å². The lowest BCUT2D eigenvalue weighted by molar-refractivity contribution is 0.0180. The SMILES string of the molecule is Cc1cncc2c1CC1C[C@H]2C1(C)C. The summed E-state index contributed by atoms with van der Waals surface area (Å²) in [5.74, 6) is 1.70. The average molecular weight is 187 g/mol. The molecule has 0 N–H and O–H groups in total. The van der Waals surface area contributed by atoms with Crippen molar-refractivity contribution in [1.82, 2.24) is 4.98 Å². The predicted molar refractivity (Wildman–Crippen MR) is 57.3 cm³/mol. The number of aromatic nitrogens is 1. The van der Waals surface area contributed by atoms with Crippen LogP contribution >= 0.6 is 0 Å². The van der Waals surface area contributed by atoms with Gasteiger partial charge in [-0.3, -0.25) is 4.98 Å². The van der Waals surface area contributed by atoms with Crippen LogP contribution in [-0.4, -0.2) is 4.98 Å². The smallest absolute Gasteiger partial charge is 0.0305 e. The van der Waals surface area contributed by atoms with Crippen LogP contribution in [0, 0.1) is 18.3 Å². The third-order valence-electron chi connectivity index (χ3n) is 4.60. The van der Waals surface area contributed by atoms with Gasteiger partial charge >= 0.3 is 0 Å². The molecule has 1 fully saturated rings. The Labute approximate surface area is 85.6 Å². The van der Waals surface area contributed by atoms with Crippen LogP contribution in [-0.2, 0) is 6.42 Å². The lowest BCUT2D eigenvalue weighted by Gasteiger charge is -2.57. The summed E-state index contributed by atoms with van der Waals surface area (Å²) in [4.78, 5) is 4.34. The zero-order chi connectivity index (χ0) is 9.92. The van der Waals surface area contributed by atoms with E-state index in [-0.39, 0.29) is 0 Å². The maximum atomic E-state index is 4.34. The van der Waals surface area contributed by atoms with E-state index in [1.165, 1.54) is 24.0 Å². The van der Waals surface area contributed by atoms with Crippen molar-refractivity contribution in [3.8, 4) is 0 Å². The standard InChI is InChI=1S/C13H17N/c1-8-6-14-7-11-10(8)4-9-5-12(11)13(9,2)3/h6-7,9,12H,4-5H2,1-3H3/t9?,12-/m1/s1. The summed E-state index contributed by atoms with van der Waals surface area (Å²) >= 11 is 0. The van der Waals surface area contributed by atoms with E-state index in [9.17, 15) is 0 Å². The molecule has 2 atom stereocenters. The molecule has 0 amide bonds. The lowest BCUT2D eigenvalue weighted by Crippen LogP contribution is -2.48. The van der Waals surface area contributed by atoms with Crippen LogP contribution in [0.1, 0.15) is 42.9 Å². The minimum atomic E-state index is 0.530. The zero-order valence-corrected chi connectivity index (χ0v) is 9.17. The molecule has 1 aromatic heterocycles. The fourth-order valence-electron chi connectivity index (χ4n) is 3.33. The highest BCUT2D eigenvalue weighted by Gasteiger charge is 2.52. The minimum Gasteiger partial charge on any atom is -0.264 e. The second-order valence-corrected chi connectivity index (χ2v) is 5.53. The number of hydrogen-bond donors (Lipinski definition) is 0. The van der Waals surface area contributed by atoms with E-state index in [4.69, 9.17) is 0 Å². The van der Waals surface area contributed by atoms with E-state index in [1.54, 1.807) is 5.56 Å². The Morgan fingerprint density at radius 2 is 2.14 bits per heavy atom. The van der Waals surface area contributed by atoms with Gasteiger partial charge in [-0.25, -0.2) is 0 Å². The highest BCUT2D eigenvalue weighted by molar-refractivity contribution is 5.41. The van der Waals surface area contributed by atoms with Gasteiger partial charge in [0.05, 0.1) is 0 Å². The molecule has 74 valence electrons. The Morgan fingerprint density at radius 1 is 1.36 bits per heavy atom. The summed E-state index contributed by atoms with van der Waals surface area (Å²) in [5.41, 5.74) is 5.06. The van der Waals surface area contributed by atoms with Gasteiger partial charge in [-0.15, -0.1) is 0 Å². The number of nitrogens with zero attached hydrogens (tertiary/aromatic N) is 1. The third-order valence-corrected chi connectivity index (χ3v) is 4.60. The van der Waals surface area contributed by atoms with E-state index in [0.29, 0.717) is 5.41 Å². The van der Waals surface area contributed by atoms with Crippen molar-refractivity contribution in [3.63, 3.8) is 0 Å². The molecule has 2 bridgehead atoms. The second-order valence-electron chi connectivity index (χ2n) is 5.53. The molecule has 1 saturated carbocycles. The molecule has 0 spiro atoms. The summed E-state index contributed by atoms with van der Waals surface area (Å²) in [7, 11) is 0. The second kappa shape index (κ2) is 2.39. The number of pyridine rings is 1. The molecule has 1 unspecified atom stereocenters. The van der Waals surface area contributed by atoms with Crippen molar-refractivity contribution < 1.29 is 0 Å². The molecule has 1 heterocycles. The summed E-state index contributed by atoms with van der Waals surface area (Å²) in [6.45, 7) is 7.03. The first-order valence-corrected chi connectivity index (χ1v) is 5.54. The van der Waals surface area contributed by atoms with E-state index >= 15 is 0 Å². The molecule has 14 heavy (non-hydrogen) atoms. The Bertz CT molecular complexity index is 392. The van der Waals surface area contributed by atoms with Crippen molar-refractivity contribution in [1.29, 1.82) is 0 Å². The zero-order valence-electron chi connectivity index (χ0n) is 9.17. The summed E-state index contributed by atoms with van der Waals surface area (Å²) in [6.07, 6.45) is 6.79. The quantitative estimate of drug-likeness (QED) is 0.608. The van der Waals surface area contributed by atoms with E-state index in [0.717, 1.165) is 11.8 Å². The highest BCUT2D eigenvalue weighted by Crippen LogP contribution is 2.62. The van der Waals surface area contributed by atoms with E-state index in [2.05, 4.69) is 32.0 Å². The van der Waals surface area contributed by atoms with E-state index < -0.39 is 0 Å². The molecule has 1 heteroatoms. The lowest BCUT2D eigenvalue weighted by atomic mass is 9.47. The van der Waals surface area contributed by atoms with Crippen LogP contribution in [0.5, 0.6) is 0 Å². The van der Waals surface area contributed by atoms with Crippen LogP contribution in [0.15, 0.2) is 12.4 Å².